The molecule has 1 fully saturated rings. The number of aromatic nitrogens is 2. The van der Waals surface area contributed by atoms with Gasteiger partial charge in [0.1, 0.15) is 12.0 Å². The van der Waals surface area contributed by atoms with E-state index in [1.54, 1.807) is 10.9 Å². The van der Waals surface area contributed by atoms with Crippen LogP contribution in [-0.4, -0.2) is 29.0 Å². The number of anilines is 2. The molecule has 0 unspecified atom stereocenters. The van der Waals surface area contributed by atoms with Crippen LogP contribution in [0.5, 0.6) is 0 Å². The number of nitrogens with two attached hydrogens (primary N) is 1. The highest BCUT2D eigenvalue weighted by atomic mass is 19.1. The Morgan fingerprint density at radius 2 is 2.27 bits per heavy atom. The van der Waals surface area contributed by atoms with Crippen molar-refractivity contribution in [1.29, 1.82) is 0 Å². The minimum absolute atomic E-state index is 0.588. The Balaban J connectivity index is 2.16. The summed E-state index contributed by atoms with van der Waals surface area (Å²) in [5.74, 6) is 0.920. The third-order valence-corrected chi connectivity index (χ3v) is 2.89. The second-order valence-electron chi connectivity index (χ2n) is 4.06. The molecule has 0 aromatic carbocycles. The maximum Gasteiger partial charge on any atom is 0.150 e. The van der Waals surface area contributed by atoms with Gasteiger partial charge in [-0.05, 0) is 19.3 Å². The Labute approximate surface area is 88.9 Å². The molecule has 2 heterocycles. The van der Waals surface area contributed by atoms with E-state index in [-0.39, 0.29) is 0 Å². The van der Waals surface area contributed by atoms with Crippen molar-refractivity contribution in [2.45, 2.75) is 25.4 Å². The van der Waals surface area contributed by atoms with E-state index in [0.717, 1.165) is 25.3 Å². The van der Waals surface area contributed by atoms with Crippen LogP contribution >= 0.6 is 0 Å². The molecule has 0 aliphatic carbocycles. The summed E-state index contributed by atoms with van der Waals surface area (Å²) in [6.45, 7) is 1.59. The van der Waals surface area contributed by atoms with Crippen molar-refractivity contribution in [2.24, 2.45) is 7.05 Å². The first kappa shape index (κ1) is 10.3. The van der Waals surface area contributed by atoms with Crippen molar-refractivity contribution < 1.29 is 4.39 Å². The van der Waals surface area contributed by atoms with Crippen LogP contribution < -0.4 is 10.6 Å². The topological polar surface area (TPSA) is 47.1 Å². The molecule has 0 spiro atoms. The highest BCUT2D eigenvalue weighted by molar-refractivity contribution is 5.62. The number of hydrogen-bond acceptors (Lipinski definition) is 3. The van der Waals surface area contributed by atoms with E-state index >= 15 is 0 Å². The molecule has 84 valence electrons. The molecule has 0 saturated carbocycles. The lowest BCUT2D eigenvalue weighted by Gasteiger charge is -2.22. The van der Waals surface area contributed by atoms with Gasteiger partial charge in [-0.2, -0.15) is 5.10 Å². The summed E-state index contributed by atoms with van der Waals surface area (Å²) in [7, 11) is 1.86. The average Bonchev–Trinajstić information content (AvgIpc) is 2.41. The zero-order chi connectivity index (χ0) is 10.8. The Bertz CT molecular complexity index is 317. The first-order chi connectivity index (χ1) is 7.18. The van der Waals surface area contributed by atoms with Crippen LogP contribution in [0.1, 0.15) is 19.3 Å². The second-order valence-corrected chi connectivity index (χ2v) is 4.06. The van der Waals surface area contributed by atoms with Gasteiger partial charge in [0.2, 0.25) is 0 Å². The van der Waals surface area contributed by atoms with Gasteiger partial charge < -0.3 is 10.6 Å². The maximum atomic E-state index is 13.2. The summed E-state index contributed by atoms with van der Waals surface area (Å²) >= 11 is 0. The van der Waals surface area contributed by atoms with Crippen LogP contribution in [0.2, 0.25) is 0 Å². The number of hydrogen-bond donors (Lipinski definition) is 1. The molecule has 1 aliphatic rings. The predicted molar refractivity (Wildman–Crippen MR) is 58.6 cm³/mol. The molecular weight excluding hydrogens is 195 g/mol. The van der Waals surface area contributed by atoms with Gasteiger partial charge in [0.25, 0.3) is 0 Å². The Morgan fingerprint density at radius 3 is 2.93 bits per heavy atom. The quantitative estimate of drug-likeness (QED) is 0.764. The molecular formula is C10H17FN4. The molecule has 1 atom stereocenters. The van der Waals surface area contributed by atoms with Crippen LogP contribution in [0.3, 0.4) is 0 Å². The first-order valence-electron chi connectivity index (χ1n) is 5.35. The molecule has 0 radical (unpaired) electrons. The van der Waals surface area contributed by atoms with Crippen LogP contribution in [0, 0.1) is 0 Å². The van der Waals surface area contributed by atoms with E-state index in [1.165, 1.54) is 0 Å². The standard InChI is InChI=1S/C10H17FN4/c1-14-10(9(12)7-13-14)15-5-2-3-8(11)4-6-15/h7-8H,2-6,12H2,1H3/t8-/m1/s1. The molecule has 2 N–H and O–H groups in total. The summed E-state index contributed by atoms with van der Waals surface area (Å²) < 4.78 is 14.9. The number of alkyl halides is 1. The Kier molecular flexibility index (Phi) is 2.79. The summed E-state index contributed by atoms with van der Waals surface area (Å²) in [5.41, 5.74) is 6.51. The number of halogens is 1. The predicted octanol–water partition coefficient (Wildman–Crippen LogP) is 1.33. The second kappa shape index (κ2) is 4.08. The van der Waals surface area contributed by atoms with Crippen LogP contribution in [0.15, 0.2) is 6.20 Å². The smallest absolute Gasteiger partial charge is 0.150 e. The zero-order valence-corrected chi connectivity index (χ0v) is 8.99. The van der Waals surface area contributed by atoms with Crippen LogP contribution in [0.4, 0.5) is 15.9 Å². The SMILES string of the molecule is Cn1ncc(N)c1N1CCC[C@@H](F)CC1. The summed E-state index contributed by atoms with van der Waals surface area (Å²) in [5, 5.41) is 4.10. The number of aryl methyl sites for hydroxylation is 1. The van der Waals surface area contributed by atoms with Crippen molar-refractivity contribution in [3.63, 3.8) is 0 Å². The highest BCUT2D eigenvalue weighted by Gasteiger charge is 2.20. The minimum Gasteiger partial charge on any atom is -0.394 e. The normalized spacial score (nSPS) is 22.8. The molecule has 5 heteroatoms. The van der Waals surface area contributed by atoms with Gasteiger partial charge in [0.15, 0.2) is 0 Å². The fourth-order valence-electron chi connectivity index (χ4n) is 2.10. The lowest BCUT2D eigenvalue weighted by molar-refractivity contribution is 0.307. The van der Waals surface area contributed by atoms with Gasteiger partial charge in [0.05, 0.1) is 11.9 Å². The third-order valence-electron chi connectivity index (χ3n) is 2.89. The number of rotatable bonds is 1. The lowest BCUT2D eigenvalue weighted by atomic mass is 10.2. The van der Waals surface area contributed by atoms with Gasteiger partial charge in [0, 0.05) is 20.1 Å². The molecule has 4 nitrogen and oxygen atoms in total. The van der Waals surface area contributed by atoms with E-state index in [1.807, 2.05) is 7.05 Å². The van der Waals surface area contributed by atoms with E-state index in [2.05, 4.69) is 10.00 Å². The highest BCUT2D eigenvalue weighted by Crippen LogP contribution is 2.25. The maximum absolute atomic E-state index is 13.2. The molecule has 2 rings (SSSR count). The molecule has 15 heavy (non-hydrogen) atoms. The van der Waals surface area contributed by atoms with Crippen molar-refractivity contribution in [3.05, 3.63) is 6.20 Å². The molecule has 1 saturated heterocycles. The largest absolute Gasteiger partial charge is 0.394 e. The molecule has 1 aliphatic heterocycles. The summed E-state index contributed by atoms with van der Waals surface area (Å²) in [6.07, 6.45) is 3.11. The van der Waals surface area contributed by atoms with Gasteiger partial charge in [-0.25, -0.2) is 4.39 Å². The fraction of sp³-hybridized carbons (Fsp3) is 0.700. The Morgan fingerprint density at radius 1 is 1.47 bits per heavy atom. The third kappa shape index (κ3) is 2.06. The monoisotopic (exact) mass is 212 g/mol. The van der Waals surface area contributed by atoms with Gasteiger partial charge in [-0.15, -0.1) is 0 Å². The summed E-state index contributed by atoms with van der Waals surface area (Å²) in [6, 6.07) is 0. The average molecular weight is 212 g/mol. The first-order valence-corrected chi connectivity index (χ1v) is 5.35. The van der Waals surface area contributed by atoms with Crippen molar-refractivity contribution in [1.82, 2.24) is 9.78 Å². The van der Waals surface area contributed by atoms with Gasteiger partial charge >= 0.3 is 0 Å². The van der Waals surface area contributed by atoms with E-state index in [9.17, 15) is 4.39 Å². The van der Waals surface area contributed by atoms with Gasteiger partial charge in [-0.1, -0.05) is 0 Å². The van der Waals surface area contributed by atoms with E-state index < -0.39 is 6.17 Å². The van der Waals surface area contributed by atoms with Crippen LogP contribution in [0.25, 0.3) is 0 Å². The van der Waals surface area contributed by atoms with E-state index in [4.69, 9.17) is 5.73 Å². The molecule has 1 aromatic heterocycles. The molecule has 0 bridgehead atoms. The minimum atomic E-state index is -0.663. The van der Waals surface area contributed by atoms with Crippen LogP contribution in [-0.2, 0) is 7.05 Å². The lowest BCUT2D eigenvalue weighted by Crippen LogP contribution is -2.27. The van der Waals surface area contributed by atoms with Crippen molar-refractivity contribution in [2.75, 3.05) is 23.7 Å². The molecule has 1 aromatic rings. The molecule has 0 amide bonds. The Hall–Kier alpha value is -1.26. The fourth-order valence-corrected chi connectivity index (χ4v) is 2.10. The van der Waals surface area contributed by atoms with E-state index in [0.29, 0.717) is 18.5 Å². The number of nitrogens with zero attached hydrogens (tertiary/aromatic N) is 3. The van der Waals surface area contributed by atoms with Crippen molar-refractivity contribution >= 4 is 11.5 Å². The zero-order valence-electron chi connectivity index (χ0n) is 8.99. The van der Waals surface area contributed by atoms with Crippen molar-refractivity contribution in [3.8, 4) is 0 Å². The van der Waals surface area contributed by atoms with Gasteiger partial charge in [-0.3, -0.25) is 4.68 Å². The summed E-state index contributed by atoms with van der Waals surface area (Å²) in [4.78, 5) is 2.13. The number of nitrogen functional groups attached to an aromatic ring is 1.